The zero-order chi connectivity index (χ0) is 13.1. The molecule has 1 rings (SSSR count). The van der Waals surface area contributed by atoms with Gasteiger partial charge in [0.25, 0.3) is 0 Å². The maximum absolute atomic E-state index is 11.3. The predicted molar refractivity (Wildman–Crippen MR) is 68.9 cm³/mol. The second-order valence-corrected chi connectivity index (χ2v) is 6.19. The van der Waals surface area contributed by atoms with Crippen LogP contribution in [0.25, 0.3) is 0 Å². The van der Waals surface area contributed by atoms with Crippen molar-refractivity contribution in [2.24, 2.45) is 0 Å². The molecule has 0 aliphatic carbocycles. The zero-order valence-corrected chi connectivity index (χ0v) is 12.1. The van der Waals surface area contributed by atoms with E-state index in [4.69, 9.17) is 39.5 Å². The van der Waals surface area contributed by atoms with Crippen LogP contribution in [0, 0.1) is 6.92 Å². The van der Waals surface area contributed by atoms with Crippen molar-refractivity contribution in [2.45, 2.75) is 22.7 Å². The molecule has 0 aliphatic rings. The highest BCUT2D eigenvalue weighted by atomic mass is 35.6. The lowest BCUT2D eigenvalue weighted by atomic mass is 10.4. The minimum Gasteiger partial charge on any atom is -0.458 e. The molecule has 17 heavy (non-hydrogen) atoms. The van der Waals surface area contributed by atoms with Gasteiger partial charge in [0.15, 0.2) is 5.82 Å². The molecule has 1 aromatic heterocycles. The number of alkyl halides is 3. The zero-order valence-electron chi connectivity index (χ0n) is 9.04. The van der Waals surface area contributed by atoms with Crippen molar-refractivity contribution in [3.8, 4) is 0 Å². The van der Waals surface area contributed by atoms with E-state index >= 15 is 0 Å². The molecule has 0 unspecified atom stereocenters. The van der Waals surface area contributed by atoms with Crippen molar-refractivity contribution in [3.05, 3.63) is 17.6 Å². The van der Waals surface area contributed by atoms with Crippen molar-refractivity contribution >= 4 is 51.9 Å². The third-order valence-corrected chi connectivity index (χ3v) is 2.74. The van der Waals surface area contributed by atoms with Crippen LogP contribution in [0.2, 0.25) is 0 Å². The maximum atomic E-state index is 11.3. The first kappa shape index (κ1) is 14.8. The van der Waals surface area contributed by atoms with Crippen molar-refractivity contribution in [3.63, 3.8) is 0 Å². The Bertz CT molecular complexity index is 423. The molecule has 0 aliphatic heterocycles. The summed E-state index contributed by atoms with van der Waals surface area (Å²) in [5, 5.41) is -0.0712. The first-order valence-electron chi connectivity index (χ1n) is 4.60. The van der Waals surface area contributed by atoms with Gasteiger partial charge in [-0.3, -0.25) is 0 Å². The van der Waals surface area contributed by atoms with Gasteiger partial charge in [0, 0.05) is 17.5 Å². The predicted octanol–water partition coefficient (Wildman–Crippen LogP) is 3.86. The summed E-state index contributed by atoms with van der Waals surface area (Å²) in [6.07, 6.45) is 0. The summed E-state index contributed by atoms with van der Waals surface area (Å²) in [6.45, 7) is 3.74. The molecule has 1 aromatic rings. The van der Waals surface area contributed by atoms with E-state index < -0.39 is 9.09 Å². The normalized spacial score (nSPS) is 11.4. The summed E-state index contributed by atoms with van der Waals surface area (Å²) in [6, 6.07) is 1.61. The SMILES string of the molecule is CCOC(=O)Sc1cc(C)nc(C(Cl)(Cl)Cl)n1. The average molecular weight is 316 g/mol. The van der Waals surface area contributed by atoms with E-state index in [0.29, 0.717) is 17.3 Å². The molecule has 0 spiro atoms. The molecule has 0 radical (unpaired) electrons. The Kier molecular flexibility index (Phi) is 5.31. The van der Waals surface area contributed by atoms with E-state index in [2.05, 4.69) is 9.97 Å². The molecule has 94 valence electrons. The molecule has 0 aromatic carbocycles. The highest BCUT2D eigenvalue weighted by Crippen LogP contribution is 2.36. The standard InChI is InChI=1S/C9H9Cl3N2O2S/c1-3-16-8(15)17-6-4-5(2)13-7(14-6)9(10,11)12/h4H,3H2,1-2H3. The number of rotatable bonds is 2. The third-order valence-electron chi connectivity index (χ3n) is 1.53. The summed E-state index contributed by atoms with van der Waals surface area (Å²) in [7, 11) is 0. The van der Waals surface area contributed by atoms with Gasteiger partial charge in [-0.05, 0) is 19.9 Å². The van der Waals surface area contributed by atoms with Gasteiger partial charge in [0.2, 0.25) is 3.79 Å². The van der Waals surface area contributed by atoms with Crippen LogP contribution in [0.4, 0.5) is 4.79 Å². The van der Waals surface area contributed by atoms with Gasteiger partial charge in [-0.1, -0.05) is 34.8 Å². The molecule has 0 saturated heterocycles. The largest absolute Gasteiger partial charge is 0.458 e. The number of hydrogen-bond donors (Lipinski definition) is 0. The smallest absolute Gasteiger partial charge is 0.373 e. The second-order valence-electron chi connectivity index (χ2n) is 2.95. The van der Waals surface area contributed by atoms with Crippen molar-refractivity contribution in [2.75, 3.05) is 6.61 Å². The van der Waals surface area contributed by atoms with Gasteiger partial charge >= 0.3 is 5.30 Å². The number of halogens is 3. The van der Waals surface area contributed by atoms with Gasteiger partial charge in [0.05, 0.1) is 6.61 Å². The van der Waals surface area contributed by atoms with E-state index in [-0.39, 0.29) is 5.82 Å². The number of ether oxygens (including phenoxy) is 1. The lowest BCUT2D eigenvalue weighted by Gasteiger charge is -2.11. The fourth-order valence-corrected chi connectivity index (χ4v) is 1.91. The number of hydrogen-bond acceptors (Lipinski definition) is 5. The molecule has 0 N–H and O–H groups in total. The molecule has 0 fully saturated rings. The van der Waals surface area contributed by atoms with E-state index in [1.807, 2.05) is 0 Å². The molecular weight excluding hydrogens is 307 g/mol. The first-order valence-corrected chi connectivity index (χ1v) is 6.55. The van der Waals surface area contributed by atoms with Crippen LogP contribution in [0.1, 0.15) is 18.4 Å². The lowest BCUT2D eigenvalue weighted by molar-refractivity contribution is 0.181. The average Bonchev–Trinajstić information content (AvgIpc) is 2.15. The number of thioether (sulfide) groups is 1. The number of nitrogens with zero attached hydrogens (tertiary/aromatic N) is 2. The lowest BCUT2D eigenvalue weighted by Crippen LogP contribution is -2.09. The quantitative estimate of drug-likeness (QED) is 0.359. The molecule has 0 saturated carbocycles. The molecule has 0 bridgehead atoms. The minimum absolute atomic E-state index is 0.0364. The Morgan fingerprint density at radius 2 is 2.12 bits per heavy atom. The Morgan fingerprint density at radius 1 is 1.47 bits per heavy atom. The summed E-state index contributed by atoms with van der Waals surface area (Å²) in [5.41, 5.74) is 0.605. The van der Waals surface area contributed by atoms with Gasteiger partial charge < -0.3 is 4.74 Å². The third kappa shape index (κ3) is 4.87. The Morgan fingerprint density at radius 3 is 2.65 bits per heavy atom. The summed E-state index contributed by atoms with van der Waals surface area (Å²) in [5.74, 6) is 0.0364. The molecule has 4 nitrogen and oxygen atoms in total. The van der Waals surface area contributed by atoms with E-state index in [0.717, 1.165) is 11.8 Å². The Hall–Kier alpha value is -0.230. The minimum atomic E-state index is -1.71. The van der Waals surface area contributed by atoms with Gasteiger partial charge in [-0.15, -0.1) is 0 Å². The number of carbonyl (C=O) groups is 1. The topological polar surface area (TPSA) is 52.1 Å². The number of aryl methyl sites for hydroxylation is 1. The molecule has 8 heteroatoms. The van der Waals surface area contributed by atoms with Crippen molar-refractivity contribution in [1.82, 2.24) is 9.97 Å². The molecule has 1 heterocycles. The van der Waals surface area contributed by atoms with Crippen molar-refractivity contribution in [1.29, 1.82) is 0 Å². The molecular formula is C9H9Cl3N2O2S. The van der Waals surface area contributed by atoms with Gasteiger partial charge in [0.1, 0.15) is 5.03 Å². The monoisotopic (exact) mass is 314 g/mol. The van der Waals surface area contributed by atoms with Crippen LogP contribution in [0.3, 0.4) is 0 Å². The Balaban J connectivity index is 2.94. The fourth-order valence-electron chi connectivity index (χ4n) is 0.951. The molecule has 0 amide bonds. The maximum Gasteiger partial charge on any atom is 0.373 e. The van der Waals surface area contributed by atoms with E-state index in [9.17, 15) is 4.79 Å². The van der Waals surface area contributed by atoms with E-state index in [1.165, 1.54) is 0 Å². The summed E-state index contributed by atoms with van der Waals surface area (Å²) >= 11 is 17.9. The van der Waals surface area contributed by atoms with Crippen LogP contribution in [0.15, 0.2) is 11.1 Å². The van der Waals surface area contributed by atoms with Crippen LogP contribution >= 0.6 is 46.6 Å². The summed E-state index contributed by atoms with van der Waals surface area (Å²) in [4.78, 5) is 19.2. The number of aromatic nitrogens is 2. The second kappa shape index (κ2) is 6.09. The highest BCUT2D eigenvalue weighted by molar-refractivity contribution is 8.13. The van der Waals surface area contributed by atoms with Crippen molar-refractivity contribution < 1.29 is 9.53 Å². The Labute approximate surface area is 118 Å². The van der Waals surface area contributed by atoms with Crippen LogP contribution < -0.4 is 0 Å². The summed E-state index contributed by atoms with van der Waals surface area (Å²) < 4.78 is 3.06. The van der Waals surface area contributed by atoms with Gasteiger partial charge in [-0.25, -0.2) is 14.8 Å². The highest BCUT2D eigenvalue weighted by Gasteiger charge is 2.27. The van der Waals surface area contributed by atoms with Crippen LogP contribution in [-0.4, -0.2) is 21.9 Å². The molecule has 0 atom stereocenters. The van der Waals surface area contributed by atoms with Crippen LogP contribution in [-0.2, 0) is 8.53 Å². The number of carbonyl (C=O) groups excluding carboxylic acids is 1. The van der Waals surface area contributed by atoms with E-state index in [1.54, 1.807) is 19.9 Å². The van der Waals surface area contributed by atoms with Crippen LogP contribution in [0.5, 0.6) is 0 Å². The fraction of sp³-hybridized carbons (Fsp3) is 0.444. The first-order chi connectivity index (χ1) is 7.82. The van der Waals surface area contributed by atoms with Gasteiger partial charge in [-0.2, -0.15) is 0 Å².